The highest BCUT2D eigenvalue weighted by molar-refractivity contribution is 5.66. The first-order valence-electron chi connectivity index (χ1n) is 11.4. The molecule has 0 spiro atoms. The van der Waals surface area contributed by atoms with Crippen LogP contribution in [-0.4, -0.2) is 58.8 Å². The van der Waals surface area contributed by atoms with Crippen LogP contribution in [0.25, 0.3) is 0 Å². The van der Waals surface area contributed by atoms with E-state index < -0.39 is 17.9 Å². The molecule has 7 nitrogen and oxygen atoms in total. The predicted octanol–water partition coefficient (Wildman–Crippen LogP) is 3.37. The number of unbranched alkanes of at least 4 members (excludes halogenated alkanes) is 5. The van der Waals surface area contributed by atoms with Crippen molar-refractivity contribution in [3.8, 4) is 0 Å². The van der Waals surface area contributed by atoms with Gasteiger partial charge in [-0.1, -0.05) is 31.9 Å². The third-order valence-corrected chi connectivity index (χ3v) is 5.47. The first kappa shape index (κ1) is 28.1. The molecule has 0 aromatic rings. The summed E-state index contributed by atoms with van der Waals surface area (Å²) >= 11 is 0. The van der Waals surface area contributed by atoms with Gasteiger partial charge in [-0.3, -0.25) is 9.59 Å². The van der Waals surface area contributed by atoms with Crippen LogP contribution in [0.15, 0.2) is 12.2 Å². The molecule has 0 heterocycles. The van der Waals surface area contributed by atoms with Gasteiger partial charge in [0.1, 0.15) is 0 Å². The fourth-order valence-corrected chi connectivity index (χ4v) is 3.89. The number of rotatable bonds is 21. The summed E-state index contributed by atoms with van der Waals surface area (Å²) in [5.41, 5.74) is 0. The Bertz CT molecular complexity index is 468. The van der Waals surface area contributed by atoms with Crippen LogP contribution in [0.5, 0.6) is 0 Å². The third kappa shape index (κ3) is 17.0. The minimum Gasteiger partial charge on any atom is -0.550 e. The summed E-state index contributed by atoms with van der Waals surface area (Å²) in [7, 11) is 0. The van der Waals surface area contributed by atoms with Crippen molar-refractivity contribution in [2.75, 3.05) is 26.2 Å². The minimum absolute atomic E-state index is 0.0247. The van der Waals surface area contributed by atoms with Gasteiger partial charge >= 0.3 is 11.9 Å². The average molecular weight is 428 g/mol. The fraction of sp³-hybridized carbons (Fsp3) is 0.783. The van der Waals surface area contributed by atoms with Gasteiger partial charge < -0.3 is 24.6 Å². The first-order valence-corrected chi connectivity index (χ1v) is 11.4. The molecule has 0 aliphatic heterocycles. The second-order valence-electron chi connectivity index (χ2n) is 8.14. The zero-order valence-corrected chi connectivity index (χ0v) is 18.7. The molecule has 0 unspecified atom stereocenters. The summed E-state index contributed by atoms with van der Waals surface area (Å²) in [4.78, 5) is 32.7. The molecule has 174 valence electrons. The van der Waals surface area contributed by atoms with E-state index in [1.54, 1.807) is 0 Å². The van der Waals surface area contributed by atoms with Gasteiger partial charge in [0.2, 0.25) is 0 Å². The van der Waals surface area contributed by atoms with Crippen LogP contribution in [0.2, 0.25) is 0 Å². The molecule has 0 atom stereocenters. The molecule has 2 N–H and O–H groups in total. The van der Waals surface area contributed by atoms with E-state index in [1.807, 2.05) is 0 Å². The van der Waals surface area contributed by atoms with Crippen molar-refractivity contribution in [2.45, 2.75) is 90.4 Å². The van der Waals surface area contributed by atoms with Gasteiger partial charge in [-0.25, -0.2) is 0 Å². The number of hydrogen-bond donors (Lipinski definition) is 2. The molecule has 0 saturated heterocycles. The number of nitrogens with zero attached hydrogens (tertiary/aromatic N) is 1. The van der Waals surface area contributed by atoms with Crippen LogP contribution in [0.4, 0.5) is 0 Å². The second kappa shape index (κ2) is 17.9. The molecule has 0 radical (unpaired) electrons. The van der Waals surface area contributed by atoms with Crippen LogP contribution in [0.1, 0.15) is 90.4 Å². The first-order chi connectivity index (χ1) is 14.3. The Balaban J connectivity index is 4.72. The van der Waals surface area contributed by atoms with E-state index >= 15 is 0 Å². The molecule has 0 aliphatic rings. The van der Waals surface area contributed by atoms with Crippen LogP contribution >= 0.6 is 0 Å². The Morgan fingerprint density at radius 3 is 1.67 bits per heavy atom. The quantitative estimate of drug-likeness (QED) is 0.165. The molecule has 7 heteroatoms. The van der Waals surface area contributed by atoms with E-state index in [2.05, 4.69) is 19.1 Å². The van der Waals surface area contributed by atoms with Crippen LogP contribution in [0.3, 0.4) is 0 Å². The Hall–Kier alpha value is -1.89. The smallest absolute Gasteiger partial charge is 0.303 e. The van der Waals surface area contributed by atoms with Crippen LogP contribution < -0.4 is 5.11 Å². The van der Waals surface area contributed by atoms with Gasteiger partial charge in [0.05, 0.1) is 39.0 Å². The molecule has 0 aromatic heterocycles. The molecular weight excluding hydrogens is 386 g/mol. The number of hydrogen-bond acceptors (Lipinski definition) is 4. The number of carbonyl (C=O) groups excluding carboxylic acids is 1. The molecule has 0 amide bonds. The molecule has 0 rings (SSSR count). The topological polar surface area (TPSA) is 115 Å². The molecule has 0 bridgehead atoms. The lowest BCUT2D eigenvalue weighted by Crippen LogP contribution is -2.51. The average Bonchev–Trinajstić information content (AvgIpc) is 2.65. The molecule has 0 aromatic carbocycles. The van der Waals surface area contributed by atoms with Crippen molar-refractivity contribution in [2.24, 2.45) is 0 Å². The van der Waals surface area contributed by atoms with Crippen molar-refractivity contribution < 1.29 is 34.2 Å². The van der Waals surface area contributed by atoms with Crippen molar-refractivity contribution >= 4 is 17.9 Å². The van der Waals surface area contributed by atoms with Crippen molar-refractivity contribution in [1.82, 2.24) is 0 Å². The van der Waals surface area contributed by atoms with Gasteiger partial charge in [0.15, 0.2) is 0 Å². The molecule has 0 aliphatic carbocycles. The lowest BCUT2D eigenvalue weighted by atomic mass is 10.1. The highest BCUT2D eigenvalue weighted by atomic mass is 16.4. The predicted molar refractivity (Wildman–Crippen MR) is 115 cm³/mol. The number of quaternary nitrogens is 1. The second-order valence-corrected chi connectivity index (χ2v) is 8.14. The number of carboxylic acid groups (broad SMARTS) is 3. The van der Waals surface area contributed by atoms with Gasteiger partial charge in [-0.05, 0) is 38.5 Å². The van der Waals surface area contributed by atoms with E-state index in [1.165, 1.54) is 12.8 Å². The highest BCUT2D eigenvalue weighted by Gasteiger charge is 2.26. The van der Waals surface area contributed by atoms with E-state index in [0.29, 0.717) is 43.4 Å². The zero-order chi connectivity index (χ0) is 22.7. The highest BCUT2D eigenvalue weighted by Crippen LogP contribution is 2.18. The number of carboxylic acids is 3. The maximum Gasteiger partial charge on any atom is 0.303 e. The third-order valence-electron chi connectivity index (χ3n) is 5.47. The lowest BCUT2D eigenvalue weighted by Gasteiger charge is -2.39. The Morgan fingerprint density at radius 1 is 0.700 bits per heavy atom. The Morgan fingerprint density at radius 2 is 1.17 bits per heavy atom. The van der Waals surface area contributed by atoms with Gasteiger partial charge in [-0.2, -0.15) is 0 Å². The Kier molecular flexibility index (Phi) is 16.8. The summed E-state index contributed by atoms with van der Waals surface area (Å²) in [6.45, 7) is 4.86. The lowest BCUT2D eigenvalue weighted by molar-refractivity contribution is -0.929. The van der Waals surface area contributed by atoms with Crippen molar-refractivity contribution in [1.29, 1.82) is 0 Å². The van der Waals surface area contributed by atoms with Crippen molar-refractivity contribution in [3.05, 3.63) is 12.2 Å². The summed E-state index contributed by atoms with van der Waals surface area (Å²) in [6.07, 6.45) is 13.8. The molecular formula is C23H41NO6. The number of aliphatic carboxylic acids is 3. The summed E-state index contributed by atoms with van der Waals surface area (Å²) in [5.74, 6) is -2.77. The van der Waals surface area contributed by atoms with E-state index in [9.17, 15) is 19.5 Å². The maximum atomic E-state index is 10.9. The largest absolute Gasteiger partial charge is 0.550 e. The van der Waals surface area contributed by atoms with E-state index in [-0.39, 0.29) is 19.3 Å². The minimum atomic E-state index is -1.08. The summed E-state index contributed by atoms with van der Waals surface area (Å²) < 4.78 is 0.604. The maximum absolute atomic E-state index is 10.9. The summed E-state index contributed by atoms with van der Waals surface area (Å²) in [6, 6.07) is 0. The summed E-state index contributed by atoms with van der Waals surface area (Å²) in [5, 5.41) is 28.8. The molecule has 0 fully saturated rings. The molecule has 0 saturated carbocycles. The van der Waals surface area contributed by atoms with Crippen LogP contribution in [0, 0.1) is 0 Å². The SMILES string of the molecule is CC/C=C/CCCCCCC[N+](CCCC(=O)[O-])(CCCC(=O)O)CCCC(=O)O. The molecule has 30 heavy (non-hydrogen) atoms. The van der Waals surface area contributed by atoms with Gasteiger partial charge in [-0.15, -0.1) is 0 Å². The number of allylic oxidation sites excluding steroid dienone is 2. The van der Waals surface area contributed by atoms with Gasteiger partial charge in [0, 0.05) is 25.2 Å². The standard InChI is InChI=1S/C23H41NO6/c1-2-3-4-5-6-7-8-9-10-17-24(18-11-14-21(25)26,19-12-15-22(27)28)20-13-16-23(29)30/h3-4H,2,5-20H2,1H3,(H2-,25,26,27,28,29,30)/b4-3+. The van der Waals surface area contributed by atoms with E-state index in [0.717, 1.165) is 38.6 Å². The zero-order valence-electron chi connectivity index (χ0n) is 18.7. The number of carbonyl (C=O) groups is 3. The normalized spacial score (nSPS) is 11.8. The van der Waals surface area contributed by atoms with E-state index in [4.69, 9.17) is 10.2 Å². The Labute approximate surface area is 181 Å². The monoisotopic (exact) mass is 427 g/mol. The van der Waals surface area contributed by atoms with Crippen molar-refractivity contribution in [3.63, 3.8) is 0 Å². The van der Waals surface area contributed by atoms with Gasteiger partial charge in [0.25, 0.3) is 0 Å². The fourth-order valence-electron chi connectivity index (χ4n) is 3.89. The van der Waals surface area contributed by atoms with Crippen LogP contribution in [-0.2, 0) is 14.4 Å².